The average molecular weight is 255 g/mol. The fourth-order valence-corrected chi connectivity index (χ4v) is 2.90. The summed E-state index contributed by atoms with van der Waals surface area (Å²) in [5.41, 5.74) is 2.99. The number of aromatic amines is 1. The second kappa shape index (κ2) is 4.78. The van der Waals surface area contributed by atoms with Crippen LogP contribution in [0.1, 0.15) is 20.9 Å². The second-order valence-corrected chi connectivity index (χ2v) is 5.33. The maximum atomic E-state index is 11.0. The van der Waals surface area contributed by atoms with E-state index >= 15 is 0 Å². The SMILES string of the molecule is O=Cc1cccc2[nH]c(CCc3cccs3)cc12. The maximum absolute atomic E-state index is 11.0. The van der Waals surface area contributed by atoms with Gasteiger partial charge in [0.05, 0.1) is 0 Å². The molecule has 1 N–H and O–H groups in total. The van der Waals surface area contributed by atoms with Gasteiger partial charge in [-0.1, -0.05) is 18.2 Å². The summed E-state index contributed by atoms with van der Waals surface area (Å²) in [4.78, 5) is 15.7. The molecule has 0 saturated heterocycles. The second-order valence-electron chi connectivity index (χ2n) is 4.30. The molecule has 0 aliphatic heterocycles. The van der Waals surface area contributed by atoms with Gasteiger partial charge in [-0.05, 0) is 36.4 Å². The first-order valence-electron chi connectivity index (χ1n) is 5.95. The van der Waals surface area contributed by atoms with Gasteiger partial charge in [0.25, 0.3) is 0 Å². The molecule has 0 aliphatic rings. The highest BCUT2D eigenvalue weighted by Crippen LogP contribution is 2.20. The summed E-state index contributed by atoms with van der Waals surface area (Å²) in [6.07, 6.45) is 2.94. The van der Waals surface area contributed by atoms with Gasteiger partial charge >= 0.3 is 0 Å². The third kappa shape index (κ3) is 2.09. The summed E-state index contributed by atoms with van der Waals surface area (Å²) in [7, 11) is 0. The van der Waals surface area contributed by atoms with Gasteiger partial charge in [-0.3, -0.25) is 4.79 Å². The Hall–Kier alpha value is -1.87. The van der Waals surface area contributed by atoms with Crippen molar-refractivity contribution >= 4 is 28.5 Å². The molecule has 90 valence electrons. The lowest BCUT2D eigenvalue weighted by molar-refractivity contribution is 0.112. The highest BCUT2D eigenvalue weighted by Gasteiger charge is 2.05. The van der Waals surface area contributed by atoms with Crippen LogP contribution < -0.4 is 0 Å². The largest absolute Gasteiger partial charge is 0.358 e. The van der Waals surface area contributed by atoms with Gasteiger partial charge in [-0.2, -0.15) is 0 Å². The van der Waals surface area contributed by atoms with Crippen molar-refractivity contribution in [1.29, 1.82) is 0 Å². The van der Waals surface area contributed by atoms with E-state index in [2.05, 4.69) is 28.6 Å². The van der Waals surface area contributed by atoms with Crippen molar-refractivity contribution in [2.75, 3.05) is 0 Å². The summed E-state index contributed by atoms with van der Waals surface area (Å²) in [6, 6.07) is 12.1. The Balaban J connectivity index is 1.87. The predicted octanol–water partition coefficient (Wildman–Crippen LogP) is 3.83. The normalized spacial score (nSPS) is 10.9. The molecule has 0 aliphatic carbocycles. The van der Waals surface area contributed by atoms with E-state index in [0.717, 1.165) is 35.6 Å². The molecule has 0 radical (unpaired) electrons. The minimum Gasteiger partial charge on any atom is -0.358 e. The maximum Gasteiger partial charge on any atom is 0.150 e. The quantitative estimate of drug-likeness (QED) is 0.706. The summed E-state index contributed by atoms with van der Waals surface area (Å²) < 4.78 is 0. The van der Waals surface area contributed by atoms with Crippen LogP contribution in [0.5, 0.6) is 0 Å². The highest BCUT2D eigenvalue weighted by molar-refractivity contribution is 7.09. The number of H-pyrrole nitrogens is 1. The molecule has 2 nitrogen and oxygen atoms in total. The molecule has 0 amide bonds. The van der Waals surface area contributed by atoms with E-state index in [-0.39, 0.29) is 0 Å². The van der Waals surface area contributed by atoms with Crippen molar-refractivity contribution in [2.45, 2.75) is 12.8 Å². The molecule has 0 spiro atoms. The Morgan fingerprint density at radius 3 is 2.89 bits per heavy atom. The van der Waals surface area contributed by atoms with Crippen molar-refractivity contribution in [3.8, 4) is 0 Å². The van der Waals surface area contributed by atoms with E-state index in [9.17, 15) is 4.79 Å². The van der Waals surface area contributed by atoms with Crippen molar-refractivity contribution < 1.29 is 4.79 Å². The minimum absolute atomic E-state index is 0.756. The average Bonchev–Trinajstić information content (AvgIpc) is 3.04. The van der Waals surface area contributed by atoms with Crippen LogP contribution >= 0.6 is 11.3 Å². The zero-order chi connectivity index (χ0) is 12.4. The molecule has 0 unspecified atom stereocenters. The molecule has 18 heavy (non-hydrogen) atoms. The minimum atomic E-state index is 0.756. The van der Waals surface area contributed by atoms with Gasteiger partial charge < -0.3 is 4.98 Å². The van der Waals surface area contributed by atoms with E-state index in [1.165, 1.54) is 10.6 Å². The van der Waals surface area contributed by atoms with Crippen molar-refractivity contribution in [2.24, 2.45) is 0 Å². The van der Waals surface area contributed by atoms with Crippen LogP contribution in [0.2, 0.25) is 0 Å². The number of nitrogens with one attached hydrogen (secondary N) is 1. The number of carbonyl (C=O) groups is 1. The highest BCUT2D eigenvalue weighted by atomic mass is 32.1. The third-order valence-corrected chi connectivity index (χ3v) is 4.04. The van der Waals surface area contributed by atoms with Crippen LogP contribution in [0, 0.1) is 0 Å². The summed E-state index contributed by atoms with van der Waals surface area (Å²) in [6.45, 7) is 0. The number of aldehydes is 1. The van der Waals surface area contributed by atoms with Crippen LogP contribution in [-0.2, 0) is 12.8 Å². The molecule has 0 bridgehead atoms. The summed E-state index contributed by atoms with van der Waals surface area (Å²) in [5, 5.41) is 3.12. The third-order valence-electron chi connectivity index (χ3n) is 3.10. The molecule has 0 atom stereocenters. The number of aromatic nitrogens is 1. The van der Waals surface area contributed by atoms with Crippen molar-refractivity contribution in [3.05, 3.63) is 57.9 Å². The molecule has 0 saturated carbocycles. The van der Waals surface area contributed by atoms with E-state index < -0.39 is 0 Å². The van der Waals surface area contributed by atoms with Gasteiger partial charge in [-0.25, -0.2) is 0 Å². The Morgan fingerprint density at radius 1 is 1.17 bits per heavy atom. The lowest BCUT2D eigenvalue weighted by atomic mass is 10.1. The number of hydrogen-bond donors (Lipinski definition) is 1. The van der Waals surface area contributed by atoms with E-state index in [1.807, 2.05) is 18.2 Å². The Bertz CT molecular complexity index is 667. The van der Waals surface area contributed by atoms with Gasteiger partial charge in [0.1, 0.15) is 0 Å². The van der Waals surface area contributed by atoms with Crippen LogP contribution in [0.25, 0.3) is 10.9 Å². The van der Waals surface area contributed by atoms with Gasteiger partial charge in [0, 0.05) is 27.0 Å². The molecular weight excluding hydrogens is 242 g/mol. The number of thiophene rings is 1. The number of hydrogen-bond acceptors (Lipinski definition) is 2. The smallest absolute Gasteiger partial charge is 0.150 e. The van der Waals surface area contributed by atoms with Gasteiger partial charge in [0.15, 0.2) is 6.29 Å². The molecule has 3 heteroatoms. The fraction of sp³-hybridized carbons (Fsp3) is 0.133. The predicted molar refractivity (Wildman–Crippen MR) is 75.4 cm³/mol. The molecule has 3 aromatic rings. The number of aryl methyl sites for hydroxylation is 2. The van der Waals surface area contributed by atoms with Gasteiger partial charge in [0.2, 0.25) is 0 Å². The number of rotatable bonds is 4. The number of benzene rings is 1. The zero-order valence-corrected chi connectivity index (χ0v) is 10.7. The van der Waals surface area contributed by atoms with Crippen LogP contribution in [0.15, 0.2) is 41.8 Å². The van der Waals surface area contributed by atoms with Crippen molar-refractivity contribution in [1.82, 2.24) is 4.98 Å². The topological polar surface area (TPSA) is 32.9 Å². The summed E-state index contributed by atoms with van der Waals surface area (Å²) >= 11 is 1.79. The first-order chi connectivity index (χ1) is 8.86. The first kappa shape index (κ1) is 11.2. The first-order valence-corrected chi connectivity index (χ1v) is 6.83. The van der Waals surface area contributed by atoms with Crippen LogP contribution in [0.4, 0.5) is 0 Å². The van der Waals surface area contributed by atoms with E-state index in [1.54, 1.807) is 11.3 Å². The Morgan fingerprint density at radius 2 is 2.11 bits per heavy atom. The molecule has 2 aromatic heterocycles. The Labute approximate surface area is 109 Å². The molecule has 2 heterocycles. The zero-order valence-electron chi connectivity index (χ0n) is 9.85. The van der Waals surface area contributed by atoms with Crippen molar-refractivity contribution in [3.63, 3.8) is 0 Å². The standard InChI is InChI=1S/C15H13NOS/c17-10-11-3-1-5-15-14(11)9-12(16-15)6-7-13-4-2-8-18-13/h1-5,8-10,16H,6-7H2. The lowest BCUT2D eigenvalue weighted by Gasteiger charge is -1.94. The number of carbonyl (C=O) groups excluding carboxylic acids is 1. The number of fused-ring (bicyclic) bond motifs is 1. The van der Waals surface area contributed by atoms with Crippen LogP contribution in [-0.4, -0.2) is 11.3 Å². The van der Waals surface area contributed by atoms with E-state index in [4.69, 9.17) is 0 Å². The molecular formula is C15H13NOS. The van der Waals surface area contributed by atoms with E-state index in [0.29, 0.717) is 0 Å². The molecule has 1 aromatic carbocycles. The molecule has 3 rings (SSSR count). The Kier molecular flexibility index (Phi) is 2.99. The van der Waals surface area contributed by atoms with Gasteiger partial charge in [-0.15, -0.1) is 11.3 Å². The lowest BCUT2D eigenvalue weighted by Crippen LogP contribution is -1.87. The molecule has 0 fully saturated rings. The van der Waals surface area contributed by atoms with Crippen LogP contribution in [0.3, 0.4) is 0 Å². The fourth-order valence-electron chi connectivity index (χ4n) is 2.19. The summed E-state index contributed by atoms with van der Waals surface area (Å²) in [5.74, 6) is 0. The monoisotopic (exact) mass is 255 g/mol.